The van der Waals surface area contributed by atoms with Gasteiger partial charge in [0.15, 0.2) is 11.5 Å². The van der Waals surface area contributed by atoms with Gasteiger partial charge < -0.3 is 9.15 Å². The molecule has 0 saturated carbocycles. The van der Waals surface area contributed by atoms with Crippen LogP contribution in [-0.2, 0) is 11.3 Å². The normalized spacial score (nSPS) is 21.2. The highest BCUT2D eigenvalue weighted by Gasteiger charge is 2.21. The first-order valence-corrected chi connectivity index (χ1v) is 5.76. The highest BCUT2D eigenvalue weighted by Crippen LogP contribution is 2.22. The van der Waals surface area contributed by atoms with Gasteiger partial charge in [-0.1, -0.05) is 6.58 Å². The van der Waals surface area contributed by atoms with Gasteiger partial charge in [0.2, 0.25) is 0 Å². The molecule has 0 bridgehead atoms. The second-order valence-corrected chi connectivity index (χ2v) is 4.35. The topological polar surface area (TPSA) is 25.6 Å². The molecule has 1 aromatic heterocycles. The van der Waals surface area contributed by atoms with Crippen molar-refractivity contribution < 1.29 is 9.15 Å². The third-order valence-electron chi connectivity index (χ3n) is 3.23. The van der Waals surface area contributed by atoms with Gasteiger partial charge in [-0.2, -0.15) is 0 Å². The van der Waals surface area contributed by atoms with Crippen LogP contribution in [0.5, 0.6) is 0 Å². The van der Waals surface area contributed by atoms with E-state index in [1.165, 1.54) is 19.4 Å². The van der Waals surface area contributed by atoms with E-state index in [0.717, 1.165) is 18.1 Å². The van der Waals surface area contributed by atoms with Crippen LogP contribution < -0.4 is 0 Å². The quantitative estimate of drug-likeness (QED) is 0.731. The van der Waals surface area contributed by atoms with Crippen molar-refractivity contribution in [1.29, 1.82) is 0 Å². The summed E-state index contributed by atoms with van der Waals surface area (Å²) in [5, 5.41) is 0. The van der Waals surface area contributed by atoms with Gasteiger partial charge in [-0.15, -0.1) is 0 Å². The fourth-order valence-electron chi connectivity index (χ4n) is 2.14. The summed E-state index contributed by atoms with van der Waals surface area (Å²) in [5.41, 5.74) is 0. The Kier molecular flexibility index (Phi) is 3.34. The summed E-state index contributed by atoms with van der Waals surface area (Å²) in [6.45, 7) is 8.10. The van der Waals surface area contributed by atoms with E-state index in [2.05, 4.69) is 18.4 Å². The zero-order chi connectivity index (χ0) is 11.5. The summed E-state index contributed by atoms with van der Waals surface area (Å²) in [4.78, 5) is 2.44. The van der Waals surface area contributed by atoms with E-state index in [1.54, 1.807) is 7.11 Å². The number of furan rings is 1. The van der Waals surface area contributed by atoms with Crippen LogP contribution in [0, 0.1) is 0 Å². The maximum atomic E-state index is 5.68. The molecule has 1 fully saturated rings. The van der Waals surface area contributed by atoms with Crippen LogP contribution in [-0.4, -0.2) is 24.6 Å². The summed E-state index contributed by atoms with van der Waals surface area (Å²) in [6.07, 6.45) is 2.58. The van der Waals surface area contributed by atoms with Gasteiger partial charge in [-0.05, 0) is 38.4 Å². The SMILES string of the molecule is C=C(OC)c1ccc(CN2CCCC2C)o1. The lowest BCUT2D eigenvalue weighted by Gasteiger charge is -2.19. The van der Waals surface area contributed by atoms with Crippen molar-refractivity contribution in [3.63, 3.8) is 0 Å². The second kappa shape index (κ2) is 4.74. The average Bonchev–Trinajstić information content (AvgIpc) is 2.89. The number of hydrogen-bond donors (Lipinski definition) is 0. The summed E-state index contributed by atoms with van der Waals surface area (Å²) in [5.74, 6) is 2.30. The van der Waals surface area contributed by atoms with Gasteiger partial charge in [0, 0.05) is 6.04 Å². The highest BCUT2D eigenvalue weighted by molar-refractivity contribution is 5.51. The maximum Gasteiger partial charge on any atom is 0.168 e. The molecule has 0 aliphatic carbocycles. The zero-order valence-corrected chi connectivity index (χ0v) is 10.0. The molecule has 1 aliphatic heterocycles. The molecular weight excluding hydrogens is 202 g/mol. The molecule has 0 spiro atoms. The Morgan fingerprint density at radius 1 is 1.62 bits per heavy atom. The van der Waals surface area contributed by atoms with Crippen LogP contribution in [0.1, 0.15) is 31.3 Å². The van der Waals surface area contributed by atoms with Crippen molar-refractivity contribution >= 4 is 5.76 Å². The lowest BCUT2D eigenvalue weighted by Crippen LogP contribution is -2.25. The van der Waals surface area contributed by atoms with Gasteiger partial charge in [0.25, 0.3) is 0 Å². The van der Waals surface area contributed by atoms with Crippen LogP contribution in [0.3, 0.4) is 0 Å². The molecule has 1 atom stereocenters. The Labute approximate surface area is 96.7 Å². The molecule has 2 rings (SSSR count). The fourth-order valence-corrected chi connectivity index (χ4v) is 2.14. The molecule has 1 saturated heterocycles. The molecule has 0 amide bonds. The molecule has 88 valence electrons. The van der Waals surface area contributed by atoms with Crippen LogP contribution in [0.4, 0.5) is 0 Å². The predicted molar refractivity (Wildman–Crippen MR) is 63.9 cm³/mol. The van der Waals surface area contributed by atoms with Crippen molar-refractivity contribution in [2.45, 2.75) is 32.4 Å². The predicted octanol–water partition coefficient (Wildman–Crippen LogP) is 2.88. The number of methoxy groups -OCH3 is 1. The lowest BCUT2D eigenvalue weighted by molar-refractivity contribution is 0.236. The number of hydrogen-bond acceptors (Lipinski definition) is 3. The van der Waals surface area contributed by atoms with Crippen molar-refractivity contribution in [3.8, 4) is 0 Å². The fraction of sp³-hybridized carbons (Fsp3) is 0.538. The summed E-state index contributed by atoms with van der Waals surface area (Å²) in [6, 6.07) is 4.59. The maximum absolute atomic E-state index is 5.68. The number of nitrogens with zero attached hydrogens (tertiary/aromatic N) is 1. The Morgan fingerprint density at radius 3 is 3.06 bits per heavy atom. The number of likely N-dealkylation sites (tertiary alicyclic amines) is 1. The van der Waals surface area contributed by atoms with E-state index < -0.39 is 0 Å². The van der Waals surface area contributed by atoms with Gasteiger partial charge >= 0.3 is 0 Å². The summed E-state index contributed by atoms with van der Waals surface area (Å²) < 4.78 is 10.7. The molecule has 2 heterocycles. The smallest absolute Gasteiger partial charge is 0.168 e. The Hall–Kier alpha value is -1.22. The van der Waals surface area contributed by atoms with Gasteiger partial charge in [-0.3, -0.25) is 4.90 Å². The van der Waals surface area contributed by atoms with E-state index in [4.69, 9.17) is 9.15 Å². The summed E-state index contributed by atoms with van der Waals surface area (Å²) in [7, 11) is 1.60. The molecule has 0 aromatic carbocycles. The Balaban J connectivity index is 1.99. The number of ether oxygens (including phenoxy) is 1. The minimum Gasteiger partial charge on any atom is -0.493 e. The lowest BCUT2D eigenvalue weighted by atomic mass is 10.2. The molecule has 16 heavy (non-hydrogen) atoms. The molecule has 0 N–H and O–H groups in total. The van der Waals surface area contributed by atoms with Crippen LogP contribution in [0.15, 0.2) is 23.1 Å². The van der Waals surface area contributed by atoms with E-state index in [9.17, 15) is 0 Å². The minimum atomic E-state index is 0.584. The third-order valence-corrected chi connectivity index (χ3v) is 3.23. The monoisotopic (exact) mass is 221 g/mol. The first kappa shape index (κ1) is 11.3. The molecular formula is C13H19NO2. The molecule has 1 aromatic rings. The zero-order valence-electron chi connectivity index (χ0n) is 10.0. The number of rotatable bonds is 4. The van der Waals surface area contributed by atoms with E-state index in [1.807, 2.05) is 12.1 Å². The Morgan fingerprint density at radius 2 is 2.44 bits per heavy atom. The first-order valence-electron chi connectivity index (χ1n) is 5.76. The van der Waals surface area contributed by atoms with Crippen molar-refractivity contribution in [2.24, 2.45) is 0 Å². The van der Waals surface area contributed by atoms with Crippen LogP contribution in [0.25, 0.3) is 5.76 Å². The van der Waals surface area contributed by atoms with Crippen molar-refractivity contribution in [3.05, 3.63) is 30.2 Å². The summed E-state index contributed by atoms with van der Waals surface area (Å²) >= 11 is 0. The van der Waals surface area contributed by atoms with Crippen molar-refractivity contribution in [2.75, 3.05) is 13.7 Å². The minimum absolute atomic E-state index is 0.584. The van der Waals surface area contributed by atoms with E-state index >= 15 is 0 Å². The third kappa shape index (κ3) is 2.30. The molecule has 1 aliphatic rings. The van der Waals surface area contributed by atoms with Crippen LogP contribution in [0.2, 0.25) is 0 Å². The largest absolute Gasteiger partial charge is 0.493 e. The standard InChI is InChI=1S/C13H19NO2/c1-10-5-4-8-14(10)9-12-6-7-13(16-12)11(2)15-3/h6-7,10H,2,4-5,8-9H2,1,3H3. The van der Waals surface area contributed by atoms with Gasteiger partial charge in [0.05, 0.1) is 13.7 Å². The molecule has 1 unspecified atom stereocenters. The van der Waals surface area contributed by atoms with Crippen LogP contribution >= 0.6 is 0 Å². The highest BCUT2D eigenvalue weighted by atomic mass is 16.5. The first-order chi connectivity index (χ1) is 7.70. The van der Waals surface area contributed by atoms with Gasteiger partial charge in [0.1, 0.15) is 5.76 Å². The van der Waals surface area contributed by atoms with E-state index in [-0.39, 0.29) is 0 Å². The molecule has 3 heteroatoms. The van der Waals surface area contributed by atoms with E-state index in [0.29, 0.717) is 11.8 Å². The van der Waals surface area contributed by atoms with Gasteiger partial charge in [-0.25, -0.2) is 0 Å². The Bertz CT molecular complexity index is 370. The molecule has 3 nitrogen and oxygen atoms in total. The average molecular weight is 221 g/mol. The second-order valence-electron chi connectivity index (χ2n) is 4.35. The van der Waals surface area contributed by atoms with Crippen molar-refractivity contribution in [1.82, 2.24) is 4.90 Å². The molecule has 0 radical (unpaired) electrons.